The molecule has 3 saturated heterocycles. The maximum atomic E-state index is 12.8. The summed E-state index contributed by atoms with van der Waals surface area (Å²) in [5, 5.41) is 10.6. The Kier molecular flexibility index (Phi) is 4.33. The van der Waals surface area contributed by atoms with E-state index in [1.54, 1.807) is 16.8 Å². The Balaban J connectivity index is 1.89. The number of aliphatic hydroxyl groups is 1. The summed E-state index contributed by atoms with van der Waals surface area (Å²) in [4.78, 5) is 15.5. The summed E-state index contributed by atoms with van der Waals surface area (Å²) in [6.07, 6.45) is 1.43. The first-order chi connectivity index (χ1) is 10.8. The summed E-state index contributed by atoms with van der Waals surface area (Å²) < 4.78 is 28.7. The van der Waals surface area contributed by atoms with Crippen molar-refractivity contribution >= 4 is 16.2 Å². The first-order valence-electron chi connectivity index (χ1n) is 8.29. The quantitative estimate of drug-likeness (QED) is 0.748. The molecule has 3 heterocycles. The monoisotopic (exact) mass is 346 g/mol. The summed E-state index contributed by atoms with van der Waals surface area (Å²) in [6, 6.07) is -0.146. The number of hydrogen-bond acceptors (Lipinski definition) is 4. The zero-order valence-corrected chi connectivity index (χ0v) is 14.6. The fraction of sp³-hybridized carbons (Fsp3) is 0.929. The normalized spacial score (nSPS) is 34.0. The van der Waals surface area contributed by atoms with Crippen molar-refractivity contribution in [1.29, 1.82) is 0 Å². The number of rotatable bonds is 3. The van der Waals surface area contributed by atoms with Gasteiger partial charge in [-0.3, -0.25) is 0 Å². The van der Waals surface area contributed by atoms with E-state index in [1.807, 2.05) is 6.92 Å². The van der Waals surface area contributed by atoms with Crippen LogP contribution in [0.1, 0.15) is 26.2 Å². The lowest BCUT2D eigenvalue weighted by Crippen LogP contribution is -2.67. The van der Waals surface area contributed by atoms with Crippen LogP contribution in [-0.2, 0) is 10.2 Å². The number of hydrogen-bond donors (Lipinski definition) is 1. The van der Waals surface area contributed by atoms with Crippen LogP contribution in [0.15, 0.2) is 0 Å². The number of piperidine rings is 1. The average molecular weight is 346 g/mol. The zero-order chi connectivity index (χ0) is 16.8. The topological polar surface area (TPSA) is 84.4 Å². The number of likely N-dealkylation sites (N-methyl/N-ethyl adjacent to an activating group) is 2. The molecule has 3 rings (SSSR count). The molecule has 3 aliphatic heterocycles. The third-order valence-corrected chi connectivity index (χ3v) is 7.34. The van der Waals surface area contributed by atoms with Gasteiger partial charge in [-0.25, -0.2) is 4.79 Å². The van der Waals surface area contributed by atoms with Gasteiger partial charge in [-0.2, -0.15) is 17.0 Å². The van der Waals surface area contributed by atoms with Crippen molar-refractivity contribution in [3.05, 3.63) is 0 Å². The van der Waals surface area contributed by atoms with Crippen molar-refractivity contribution in [3.63, 3.8) is 0 Å². The molecule has 0 aromatic carbocycles. The molecule has 0 unspecified atom stereocenters. The summed E-state index contributed by atoms with van der Waals surface area (Å²) in [5.74, 6) is 0. The first-order valence-corrected chi connectivity index (χ1v) is 9.68. The van der Waals surface area contributed by atoms with Gasteiger partial charge in [0.2, 0.25) is 0 Å². The summed E-state index contributed by atoms with van der Waals surface area (Å²) in [5.41, 5.74) is -0.842. The molecule has 1 spiro atoms. The molecule has 0 aromatic heterocycles. The van der Waals surface area contributed by atoms with Gasteiger partial charge < -0.3 is 14.9 Å². The molecule has 0 aromatic rings. The minimum Gasteiger partial charge on any atom is -0.390 e. The van der Waals surface area contributed by atoms with Crippen molar-refractivity contribution in [2.45, 2.75) is 37.8 Å². The Hall–Kier alpha value is -0.900. The van der Waals surface area contributed by atoms with Crippen LogP contribution >= 0.6 is 0 Å². The first kappa shape index (κ1) is 16.9. The number of aliphatic hydroxyl groups excluding tert-OH is 1. The van der Waals surface area contributed by atoms with Crippen molar-refractivity contribution < 1.29 is 18.3 Å². The third-order valence-electron chi connectivity index (χ3n) is 5.36. The van der Waals surface area contributed by atoms with Crippen molar-refractivity contribution in [2.75, 3.05) is 46.3 Å². The lowest BCUT2D eigenvalue weighted by Gasteiger charge is -2.47. The van der Waals surface area contributed by atoms with Crippen LogP contribution in [0.4, 0.5) is 4.79 Å². The highest BCUT2D eigenvalue weighted by atomic mass is 32.2. The summed E-state index contributed by atoms with van der Waals surface area (Å²) in [7, 11) is -1.82. The highest BCUT2D eigenvalue weighted by molar-refractivity contribution is 7.86. The lowest BCUT2D eigenvalue weighted by atomic mass is 9.86. The molecule has 2 atom stereocenters. The number of carbonyl (C=O) groups is 1. The van der Waals surface area contributed by atoms with E-state index in [1.165, 1.54) is 8.61 Å². The van der Waals surface area contributed by atoms with E-state index < -0.39 is 21.9 Å². The van der Waals surface area contributed by atoms with Crippen LogP contribution in [-0.4, -0.2) is 95.9 Å². The predicted octanol–water partition coefficient (Wildman–Crippen LogP) is -0.480. The van der Waals surface area contributed by atoms with Gasteiger partial charge in [0.05, 0.1) is 6.10 Å². The molecule has 1 N–H and O–H groups in total. The fourth-order valence-electron chi connectivity index (χ4n) is 4.13. The minimum absolute atomic E-state index is 0.146. The molecular weight excluding hydrogens is 320 g/mol. The Morgan fingerprint density at radius 3 is 2.43 bits per heavy atom. The lowest BCUT2D eigenvalue weighted by molar-refractivity contribution is -0.0287. The van der Waals surface area contributed by atoms with Gasteiger partial charge in [0.1, 0.15) is 5.54 Å². The molecule has 0 radical (unpaired) electrons. The second-order valence-electron chi connectivity index (χ2n) is 6.74. The summed E-state index contributed by atoms with van der Waals surface area (Å²) >= 11 is 0. The van der Waals surface area contributed by atoms with Gasteiger partial charge in [-0.05, 0) is 26.2 Å². The van der Waals surface area contributed by atoms with E-state index in [2.05, 4.69) is 0 Å². The molecule has 3 aliphatic rings. The van der Waals surface area contributed by atoms with Crippen LogP contribution in [0.5, 0.6) is 0 Å². The molecule has 9 heteroatoms. The second kappa shape index (κ2) is 5.87. The van der Waals surface area contributed by atoms with E-state index in [-0.39, 0.29) is 12.6 Å². The molecular formula is C14H26N4O4S. The van der Waals surface area contributed by atoms with Crippen LogP contribution in [0.25, 0.3) is 0 Å². The number of amides is 2. The number of carbonyl (C=O) groups excluding carboxylic acids is 1. The van der Waals surface area contributed by atoms with Gasteiger partial charge in [0.15, 0.2) is 0 Å². The molecule has 23 heavy (non-hydrogen) atoms. The van der Waals surface area contributed by atoms with Gasteiger partial charge in [-0.15, -0.1) is 0 Å². The molecule has 0 bridgehead atoms. The molecule has 2 amide bonds. The van der Waals surface area contributed by atoms with E-state index in [4.69, 9.17) is 0 Å². The highest BCUT2D eigenvalue weighted by Crippen LogP contribution is 2.36. The maximum Gasteiger partial charge on any atom is 0.320 e. The maximum absolute atomic E-state index is 12.8. The van der Waals surface area contributed by atoms with Gasteiger partial charge in [0, 0.05) is 46.3 Å². The van der Waals surface area contributed by atoms with E-state index >= 15 is 0 Å². The Morgan fingerprint density at radius 1 is 1.17 bits per heavy atom. The number of nitrogens with zero attached hydrogens (tertiary/aromatic N) is 4. The Morgan fingerprint density at radius 2 is 1.83 bits per heavy atom. The van der Waals surface area contributed by atoms with Crippen molar-refractivity contribution in [1.82, 2.24) is 18.4 Å². The smallest absolute Gasteiger partial charge is 0.320 e. The Labute approximate surface area is 137 Å². The summed E-state index contributed by atoms with van der Waals surface area (Å²) in [6.45, 7) is 4.26. The van der Waals surface area contributed by atoms with Crippen LogP contribution in [0, 0.1) is 0 Å². The second-order valence-corrected chi connectivity index (χ2v) is 8.67. The highest BCUT2D eigenvalue weighted by Gasteiger charge is 2.56. The minimum atomic E-state index is -3.52. The van der Waals surface area contributed by atoms with Crippen LogP contribution in [0.3, 0.4) is 0 Å². The van der Waals surface area contributed by atoms with Crippen molar-refractivity contribution in [2.24, 2.45) is 0 Å². The molecule has 132 valence electrons. The fourth-order valence-corrected chi connectivity index (χ4v) is 5.90. The van der Waals surface area contributed by atoms with Gasteiger partial charge in [-0.1, -0.05) is 0 Å². The van der Waals surface area contributed by atoms with Gasteiger partial charge >= 0.3 is 6.03 Å². The largest absolute Gasteiger partial charge is 0.390 e. The SMILES string of the molecule is CCN1C(=O)N(C)C[C@@]12CN(S(=O)(=O)N1CCCC1)CC[C@@H]2O. The van der Waals surface area contributed by atoms with E-state index in [9.17, 15) is 18.3 Å². The van der Waals surface area contributed by atoms with Gasteiger partial charge in [0.25, 0.3) is 10.2 Å². The molecule has 0 saturated carbocycles. The third kappa shape index (κ3) is 2.54. The van der Waals surface area contributed by atoms with E-state index in [0.717, 1.165) is 12.8 Å². The zero-order valence-electron chi connectivity index (χ0n) is 13.8. The molecule has 0 aliphatic carbocycles. The standard InChI is InChI=1S/C14H26N4O4S/c1-3-18-13(20)15(2)10-14(18)11-17(9-6-12(14)19)23(21,22)16-7-4-5-8-16/h12,19H,3-11H2,1-2H3/t12-,14-/m0/s1. The molecule has 3 fully saturated rings. The van der Waals surface area contributed by atoms with Crippen LogP contribution in [0.2, 0.25) is 0 Å². The Bertz CT molecular complexity index is 577. The van der Waals surface area contributed by atoms with Crippen LogP contribution < -0.4 is 0 Å². The molecule has 8 nitrogen and oxygen atoms in total. The predicted molar refractivity (Wildman–Crippen MR) is 85.1 cm³/mol. The van der Waals surface area contributed by atoms with Crippen molar-refractivity contribution in [3.8, 4) is 0 Å². The number of urea groups is 1. The van der Waals surface area contributed by atoms with E-state index in [0.29, 0.717) is 39.1 Å². The average Bonchev–Trinajstić information content (AvgIpc) is 3.11.